The summed E-state index contributed by atoms with van der Waals surface area (Å²) in [6, 6.07) is 7.82. The van der Waals surface area contributed by atoms with E-state index in [1.54, 1.807) is 6.08 Å². The second-order valence-corrected chi connectivity index (χ2v) is 10.3. The molecule has 10 heteroatoms. The molecule has 1 aliphatic rings. The molecule has 2 heterocycles. The number of aryl methyl sites for hydroxylation is 2. The first kappa shape index (κ1) is 25.0. The van der Waals surface area contributed by atoms with Crippen LogP contribution in [0.2, 0.25) is 0 Å². The number of carbonyl (C=O) groups excluding carboxylic acids is 2. The number of anilines is 1. The lowest BCUT2D eigenvalue weighted by Gasteiger charge is -2.16. The molecule has 0 saturated heterocycles. The minimum Gasteiger partial charge on any atom is -0.483 e. The number of nitrogens with one attached hydrogen (secondary N) is 1. The maximum atomic E-state index is 12.8. The Balaban J connectivity index is 1.44. The number of carbonyl (C=O) groups is 2. The van der Waals surface area contributed by atoms with Gasteiger partial charge in [0.25, 0.3) is 0 Å². The molecular weight excluding hydrogens is 484 g/mol. The van der Waals surface area contributed by atoms with Gasteiger partial charge in [0.2, 0.25) is 5.91 Å². The summed E-state index contributed by atoms with van der Waals surface area (Å²) >= 11 is 2.73. The van der Waals surface area contributed by atoms with Gasteiger partial charge >= 0.3 is 5.97 Å². The number of hydrogen-bond donors (Lipinski definition) is 1. The number of rotatable bonds is 10. The van der Waals surface area contributed by atoms with Gasteiger partial charge < -0.3 is 14.8 Å². The monoisotopic (exact) mass is 512 g/mol. The summed E-state index contributed by atoms with van der Waals surface area (Å²) in [7, 11) is 1.36. The SMILES string of the molecule is C=CCn1c(SCC(=O)Nc2sc3c(c2C(=O)OC)CCC3)nnc1C(C)Oc1ccc(C)cc1. The Hall–Kier alpha value is -3.11. The van der Waals surface area contributed by atoms with Crippen molar-refractivity contribution in [3.63, 3.8) is 0 Å². The van der Waals surface area contributed by atoms with E-state index in [0.717, 1.165) is 41.0 Å². The lowest BCUT2D eigenvalue weighted by Crippen LogP contribution is -2.17. The molecule has 0 bridgehead atoms. The fourth-order valence-electron chi connectivity index (χ4n) is 3.99. The van der Waals surface area contributed by atoms with Crippen LogP contribution in [0.3, 0.4) is 0 Å². The molecule has 0 aliphatic heterocycles. The highest BCUT2D eigenvalue weighted by Gasteiger charge is 2.28. The van der Waals surface area contributed by atoms with Crippen LogP contribution in [-0.4, -0.2) is 39.5 Å². The van der Waals surface area contributed by atoms with Crippen molar-refractivity contribution in [2.24, 2.45) is 0 Å². The molecule has 1 aliphatic carbocycles. The Morgan fingerprint density at radius 2 is 2.06 bits per heavy atom. The highest BCUT2D eigenvalue weighted by atomic mass is 32.2. The Labute approximate surface area is 212 Å². The van der Waals surface area contributed by atoms with Gasteiger partial charge in [0, 0.05) is 11.4 Å². The van der Waals surface area contributed by atoms with Crippen molar-refractivity contribution in [2.75, 3.05) is 18.2 Å². The van der Waals surface area contributed by atoms with E-state index in [-0.39, 0.29) is 17.8 Å². The molecule has 1 amide bonds. The number of esters is 1. The number of thioether (sulfide) groups is 1. The summed E-state index contributed by atoms with van der Waals surface area (Å²) in [5.41, 5.74) is 2.65. The van der Waals surface area contributed by atoms with Crippen molar-refractivity contribution in [3.05, 3.63) is 64.3 Å². The fraction of sp³-hybridized carbons (Fsp3) is 0.360. The molecule has 0 fully saturated rings. The molecule has 1 atom stereocenters. The first-order valence-electron chi connectivity index (χ1n) is 11.3. The number of hydrogen-bond acceptors (Lipinski definition) is 8. The van der Waals surface area contributed by atoms with Crippen LogP contribution in [0.4, 0.5) is 5.00 Å². The highest BCUT2D eigenvalue weighted by molar-refractivity contribution is 7.99. The van der Waals surface area contributed by atoms with Gasteiger partial charge in [-0.05, 0) is 50.8 Å². The minimum atomic E-state index is -0.412. The molecule has 0 spiro atoms. The topological polar surface area (TPSA) is 95.3 Å². The average molecular weight is 513 g/mol. The van der Waals surface area contributed by atoms with Crippen LogP contribution in [0.5, 0.6) is 5.75 Å². The lowest BCUT2D eigenvalue weighted by atomic mass is 10.1. The van der Waals surface area contributed by atoms with Gasteiger partial charge in [-0.1, -0.05) is 35.5 Å². The zero-order chi connectivity index (χ0) is 24.9. The van der Waals surface area contributed by atoms with E-state index < -0.39 is 5.97 Å². The standard InChI is InChI=1S/C25H28N4O4S2/c1-5-13-29-22(16(3)33-17-11-9-15(2)10-12-17)27-28-25(29)34-14-20(30)26-23-21(24(31)32-4)18-7-6-8-19(18)35-23/h5,9-12,16H,1,6-8,13-14H2,2-4H3,(H,26,30). The van der Waals surface area contributed by atoms with Crippen LogP contribution in [0, 0.1) is 6.92 Å². The van der Waals surface area contributed by atoms with Crippen LogP contribution >= 0.6 is 23.1 Å². The molecule has 1 unspecified atom stereocenters. The van der Waals surface area contributed by atoms with Crippen LogP contribution in [0.25, 0.3) is 0 Å². The summed E-state index contributed by atoms with van der Waals surface area (Å²) in [5, 5.41) is 12.7. The maximum Gasteiger partial charge on any atom is 0.341 e. The Morgan fingerprint density at radius 3 is 2.77 bits per heavy atom. The molecule has 35 heavy (non-hydrogen) atoms. The lowest BCUT2D eigenvalue weighted by molar-refractivity contribution is -0.113. The summed E-state index contributed by atoms with van der Waals surface area (Å²) in [4.78, 5) is 26.3. The van der Waals surface area contributed by atoms with E-state index in [1.165, 1.54) is 30.2 Å². The summed E-state index contributed by atoms with van der Waals surface area (Å²) in [5.74, 6) is 0.875. The van der Waals surface area contributed by atoms with Crippen LogP contribution in [0.15, 0.2) is 42.1 Å². The number of benzene rings is 1. The zero-order valence-electron chi connectivity index (χ0n) is 20.0. The second-order valence-electron chi connectivity index (χ2n) is 8.20. The summed E-state index contributed by atoms with van der Waals surface area (Å²) < 4.78 is 12.9. The van der Waals surface area contributed by atoms with Gasteiger partial charge in [-0.25, -0.2) is 4.79 Å². The van der Waals surface area contributed by atoms with Crippen LogP contribution < -0.4 is 10.1 Å². The zero-order valence-corrected chi connectivity index (χ0v) is 21.6. The van der Waals surface area contributed by atoms with Crippen molar-refractivity contribution < 1.29 is 19.1 Å². The first-order valence-corrected chi connectivity index (χ1v) is 13.1. The third kappa shape index (κ3) is 5.59. The molecular formula is C25H28N4O4S2. The Bertz CT molecular complexity index is 1230. The predicted molar refractivity (Wildman–Crippen MR) is 137 cm³/mol. The first-order chi connectivity index (χ1) is 16.9. The third-order valence-corrected chi connectivity index (χ3v) is 7.82. The van der Waals surface area contributed by atoms with Crippen molar-refractivity contribution in [2.45, 2.75) is 50.9 Å². The molecule has 8 nitrogen and oxygen atoms in total. The van der Waals surface area contributed by atoms with E-state index in [0.29, 0.717) is 28.1 Å². The number of thiophene rings is 1. The van der Waals surface area contributed by atoms with Crippen molar-refractivity contribution in [3.8, 4) is 5.75 Å². The molecule has 1 aromatic carbocycles. The maximum absolute atomic E-state index is 12.8. The van der Waals surface area contributed by atoms with Crippen LogP contribution in [-0.2, 0) is 28.9 Å². The number of amides is 1. The Kier molecular flexibility index (Phi) is 7.92. The van der Waals surface area contributed by atoms with E-state index in [4.69, 9.17) is 9.47 Å². The number of ether oxygens (including phenoxy) is 2. The smallest absolute Gasteiger partial charge is 0.341 e. The van der Waals surface area contributed by atoms with E-state index in [2.05, 4.69) is 22.1 Å². The summed E-state index contributed by atoms with van der Waals surface area (Å²) in [6.07, 6.45) is 4.18. The van der Waals surface area contributed by atoms with Gasteiger partial charge in [-0.2, -0.15) is 0 Å². The average Bonchev–Trinajstić information content (AvgIpc) is 3.54. The fourth-order valence-corrected chi connectivity index (χ4v) is 6.03. The molecule has 4 rings (SSSR count). The van der Waals surface area contributed by atoms with E-state index in [9.17, 15) is 9.59 Å². The number of fused-ring (bicyclic) bond motifs is 1. The largest absolute Gasteiger partial charge is 0.483 e. The van der Waals surface area contributed by atoms with E-state index >= 15 is 0 Å². The van der Waals surface area contributed by atoms with Crippen LogP contribution in [0.1, 0.15) is 51.6 Å². The van der Waals surface area contributed by atoms with Gasteiger partial charge in [-0.15, -0.1) is 28.1 Å². The van der Waals surface area contributed by atoms with Crippen molar-refractivity contribution >= 4 is 40.0 Å². The molecule has 1 N–H and O–H groups in total. The minimum absolute atomic E-state index is 0.117. The number of methoxy groups -OCH3 is 1. The van der Waals surface area contributed by atoms with Gasteiger partial charge in [-0.3, -0.25) is 9.36 Å². The molecule has 184 valence electrons. The quantitative estimate of drug-likeness (QED) is 0.233. The number of aromatic nitrogens is 3. The highest BCUT2D eigenvalue weighted by Crippen LogP contribution is 2.39. The predicted octanol–water partition coefficient (Wildman–Crippen LogP) is 4.98. The normalized spacial score (nSPS) is 13.2. The van der Waals surface area contributed by atoms with Gasteiger partial charge in [0.05, 0.1) is 18.4 Å². The van der Waals surface area contributed by atoms with Crippen molar-refractivity contribution in [1.29, 1.82) is 0 Å². The third-order valence-electron chi connectivity index (χ3n) is 5.65. The number of allylic oxidation sites excluding steroid dienone is 1. The Morgan fingerprint density at radius 1 is 1.29 bits per heavy atom. The molecule has 0 radical (unpaired) electrons. The molecule has 2 aromatic heterocycles. The molecule has 3 aromatic rings. The van der Waals surface area contributed by atoms with Gasteiger partial charge in [0.1, 0.15) is 10.8 Å². The van der Waals surface area contributed by atoms with E-state index in [1.807, 2.05) is 42.7 Å². The molecule has 0 saturated carbocycles. The van der Waals surface area contributed by atoms with Gasteiger partial charge in [0.15, 0.2) is 17.1 Å². The number of nitrogens with zero attached hydrogens (tertiary/aromatic N) is 3. The van der Waals surface area contributed by atoms with Crippen molar-refractivity contribution in [1.82, 2.24) is 14.8 Å². The second kappa shape index (κ2) is 11.1. The summed E-state index contributed by atoms with van der Waals surface area (Å²) in [6.45, 7) is 8.25.